The Morgan fingerprint density at radius 2 is 1.60 bits per heavy atom. The fourth-order valence-electron chi connectivity index (χ4n) is 1.76. The highest BCUT2D eigenvalue weighted by Crippen LogP contribution is 2.39. The summed E-state index contributed by atoms with van der Waals surface area (Å²) >= 11 is 0. The Morgan fingerprint density at radius 1 is 1.10 bits per heavy atom. The maximum atomic E-state index is 11.3. The molecular weight excluding hydrogens is 266 g/mol. The molecule has 0 heterocycles. The van der Waals surface area contributed by atoms with Gasteiger partial charge in [0, 0.05) is 6.92 Å². The number of rotatable bonds is 6. The summed E-state index contributed by atoms with van der Waals surface area (Å²) in [6.07, 6.45) is 0. The molecule has 0 aliphatic rings. The van der Waals surface area contributed by atoms with Crippen LogP contribution in [0.2, 0.25) is 0 Å². The maximum absolute atomic E-state index is 11.3. The third-order valence-corrected chi connectivity index (χ3v) is 2.61. The molecule has 1 rings (SSSR count). The molecule has 0 spiro atoms. The lowest BCUT2D eigenvalue weighted by Crippen LogP contribution is -2.32. The van der Waals surface area contributed by atoms with E-state index in [0.717, 1.165) is 0 Å². The molecular formula is C13H17NO6. The van der Waals surface area contributed by atoms with E-state index < -0.39 is 17.9 Å². The van der Waals surface area contributed by atoms with E-state index in [1.807, 2.05) is 0 Å². The van der Waals surface area contributed by atoms with Gasteiger partial charge in [0.25, 0.3) is 0 Å². The standard InChI is InChI=1S/C13H17NO6/c1-7(15)14-11(13(16)17)8-5-9(18-2)12(20-4)10(6-8)19-3/h5-6,11H,1-4H3,(H,14,15)(H,16,17). The topological polar surface area (TPSA) is 94.1 Å². The van der Waals surface area contributed by atoms with Crippen molar-refractivity contribution in [2.24, 2.45) is 0 Å². The molecule has 0 aliphatic heterocycles. The first-order chi connectivity index (χ1) is 9.44. The first-order valence-electron chi connectivity index (χ1n) is 5.74. The largest absolute Gasteiger partial charge is 0.493 e. The Bertz CT molecular complexity index is 489. The van der Waals surface area contributed by atoms with Crippen molar-refractivity contribution in [1.29, 1.82) is 0 Å². The zero-order valence-corrected chi connectivity index (χ0v) is 11.7. The predicted molar refractivity (Wildman–Crippen MR) is 70.3 cm³/mol. The van der Waals surface area contributed by atoms with Gasteiger partial charge < -0.3 is 24.6 Å². The van der Waals surface area contributed by atoms with Gasteiger partial charge in [0.05, 0.1) is 21.3 Å². The van der Waals surface area contributed by atoms with E-state index in [9.17, 15) is 14.7 Å². The first-order valence-corrected chi connectivity index (χ1v) is 5.74. The van der Waals surface area contributed by atoms with Gasteiger partial charge in [-0.15, -0.1) is 0 Å². The van der Waals surface area contributed by atoms with Crippen LogP contribution >= 0.6 is 0 Å². The van der Waals surface area contributed by atoms with E-state index in [4.69, 9.17) is 14.2 Å². The fourth-order valence-corrected chi connectivity index (χ4v) is 1.76. The lowest BCUT2D eigenvalue weighted by atomic mass is 10.1. The Balaban J connectivity index is 3.35. The van der Waals surface area contributed by atoms with Crippen LogP contribution in [0.25, 0.3) is 0 Å². The van der Waals surface area contributed by atoms with Crippen LogP contribution < -0.4 is 19.5 Å². The monoisotopic (exact) mass is 283 g/mol. The van der Waals surface area contributed by atoms with Gasteiger partial charge in [0.15, 0.2) is 17.5 Å². The number of hydrogen-bond donors (Lipinski definition) is 2. The van der Waals surface area contributed by atoms with Crippen LogP contribution in [-0.2, 0) is 9.59 Å². The van der Waals surface area contributed by atoms with Gasteiger partial charge in [0.2, 0.25) is 11.7 Å². The van der Waals surface area contributed by atoms with Crippen molar-refractivity contribution < 1.29 is 28.9 Å². The fraction of sp³-hybridized carbons (Fsp3) is 0.385. The number of amides is 1. The van der Waals surface area contributed by atoms with Crippen LogP contribution in [0.15, 0.2) is 12.1 Å². The molecule has 0 radical (unpaired) electrons. The predicted octanol–water partition coefficient (Wildman–Crippen LogP) is 0.974. The molecule has 20 heavy (non-hydrogen) atoms. The van der Waals surface area contributed by atoms with Crippen LogP contribution in [0.4, 0.5) is 0 Å². The lowest BCUT2D eigenvalue weighted by molar-refractivity contribution is -0.141. The molecule has 7 nitrogen and oxygen atoms in total. The summed E-state index contributed by atoms with van der Waals surface area (Å²) in [6, 6.07) is 1.77. The van der Waals surface area contributed by atoms with Crippen molar-refractivity contribution in [2.45, 2.75) is 13.0 Å². The van der Waals surface area contributed by atoms with E-state index in [1.54, 1.807) is 0 Å². The van der Waals surface area contributed by atoms with Crippen LogP contribution in [0.3, 0.4) is 0 Å². The molecule has 1 amide bonds. The van der Waals surface area contributed by atoms with Crippen molar-refractivity contribution in [3.8, 4) is 17.2 Å². The third-order valence-electron chi connectivity index (χ3n) is 2.61. The molecule has 1 aromatic carbocycles. The highest BCUT2D eigenvalue weighted by molar-refractivity contribution is 5.83. The molecule has 1 aromatic rings. The number of carbonyl (C=O) groups excluding carboxylic acids is 1. The molecule has 2 N–H and O–H groups in total. The number of carbonyl (C=O) groups is 2. The summed E-state index contributed by atoms with van der Waals surface area (Å²) in [4.78, 5) is 22.4. The van der Waals surface area contributed by atoms with E-state index in [2.05, 4.69) is 5.32 Å². The number of methoxy groups -OCH3 is 3. The van der Waals surface area contributed by atoms with Crippen LogP contribution in [0, 0.1) is 0 Å². The maximum Gasteiger partial charge on any atom is 0.330 e. The second kappa shape index (κ2) is 6.65. The zero-order valence-electron chi connectivity index (χ0n) is 11.7. The quantitative estimate of drug-likeness (QED) is 0.808. The minimum Gasteiger partial charge on any atom is -0.493 e. The number of ether oxygens (including phenoxy) is 3. The Morgan fingerprint density at radius 3 is 1.90 bits per heavy atom. The Kier molecular flexibility index (Phi) is 5.19. The molecule has 1 unspecified atom stereocenters. The first kappa shape index (κ1) is 15.6. The smallest absolute Gasteiger partial charge is 0.330 e. The Labute approximate surface area is 116 Å². The van der Waals surface area contributed by atoms with E-state index in [-0.39, 0.29) is 0 Å². The summed E-state index contributed by atoms with van der Waals surface area (Å²) in [5.74, 6) is -0.650. The number of nitrogens with one attached hydrogen (secondary N) is 1. The summed E-state index contributed by atoms with van der Waals surface area (Å²) in [6.45, 7) is 1.24. The summed E-state index contributed by atoms with van der Waals surface area (Å²) in [5.41, 5.74) is 0.321. The van der Waals surface area contributed by atoms with Gasteiger partial charge in [-0.1, -0.05) is 0 Å². The van der Waals surface area contributed by atoms with Crippen molar-refractivity contribution in [2.75, 3.05) is 21.3 Å². The van der Waals surface area contributed by atoms with Gasteiger partial charge >= 0.3 is 5.97 Å². The summed E-state index contributed by atoms with van der Waals surface area (Å²) in [5, 5.41) is 11.5. The molecule has 0 aromatic heterocycles. The van der Waals surface area contributed by atoms with E-state index in [0.29, 0.717) is 22.8 Å². The second-order valence-electron chi connectivity index (χ2n) is 3.93. The summed E-state index contributed by atoms with van der Waals surface area (Å²) < 4.78 is 15.4. The number of benzene rings is 1. The molecule has 0 aliphatic carbocycles. The van der Waals surface area contributed by atoms with Gasteiger partial charge in [0.1, 0.15) is 0 Å². The SMILES string of the molecule is COc1cc(C(NC(C)=O)C(=O)O)cc(OC)c1OC. The highest BCUT2D eigenvalue weighted by Gasteiger charge is 2.24. The molecule has 0 fully saturated rings. The van der Waals surface area contributed by atoms with E-state index in [1.165, 1.54) is 40.4 Å². The average molecular weight is 283 g/mol. The minimum atomic E-state index is -1.19. The zero-order chi connectivity index (χ0) is 15.3. The van der Waals surface area contributed by atoms with Crippen molar-refractivity contribution in [1.82, 2.24) is 5.32 Å². The molecule has 0 saturated heterocycles. The number of hydrogen-bond acceptors (Lipinski definition) is 5. The van der Waals surface area contributed by atoms with Crippen molar-refractivity contribution in [3.63, 3.8) is 0 Å². The molecule has 0 saturated carbocycles. The van der Waals surface area contributed by atoms with E-state index >= 15 is 0 Å². The normalized spacial score (nSPS) is 11.4. The van der Waals surface area contributed by atoms with Crippen molar-refractivity contribution >= 4 is 11.9 Å². The molecule has 110 valence electrons. The van der Waals surface area contributed by atoms with Gasteiger partial charge in [-0.25, -0.2) is 4.79 Å². The highest BCUT2D eigenvalue weighted by atomic mass is 16.5. The minimum absolute atomic E-state index is 0.318. The van der Waals surface area contributed by atoms with Crippen LogP contribution in [0.1, 0.15) is 18.5 Å². The molecule has 7 heteroatoms. The number of aliphatic carboxylic acids is 1. The molecule has 0 bridgehead atoms. The second-order valence-corrected chi connectivity index (χ2v) is 3.93. The van der Waals surface area contributed by atoms with Gasteiger partial charge in [-0.2, -0.15) is 0 Å². The van der Waals surface area contributed by atoms with Crippen molar-refractivity contribution in [3.05, 3.63) is 17.7 Å². The lowest BCUT2D eigenvalue weighted by Gasteiger charge is -2.18. The number of carboxylic acids is 1. The van der Waals surface area contributed by atoms with Crippen LogP contribution in [0.5, 0.6) is 17.2 Å². The van der Waals surface area contributed by atoms with Gasteiger partial charge in [-0.3, -0.25) is 4.79 Å². The average Bonchev–Trinajstić information content (AvgIpc) is 2.42. The summed E-state index contributed by atoms with van der Waals surface area (Å²) in [7, 11) is 4.30. The molecule has 1 atom stereocenters. The van der Waals surface area contributed by atoms with Gasteiger partial charge in [-0.05, 0) is 17.7 Å². The Hall–Kier alpha value is -2.44. The number of carboxylic acid groups (broad SMARTS) is 1. The van der Waals surface area contributed by atoms with Crippen LogP contribution in [-0.4, -0.2) is 38.3 Å². The third kappa shape index (κ3) is 3.31.